The predicted molar refractivity (Wildman–Crippen MR) is 109 cm³/mol. The molecule has 2 aromatic rings. The molecule has 0 spiro atoms. The van der Waals surface area contributed by atoms with Crippen LogP contribution >= 0.6 is 11.3 Å². The van der Waals surface area contributed by atoms with Gasteiger partial charge in [0.05, 0.1) is 11.6 Å². The van der Waals surface area contributed by atoms with Crippen molar-refractivity contribution < 1.29 is 4.79 Å². The Bertz CT molecular complexity index is 741. The molecule has 0 bridgehead atoms. The summed E-state index contributed by atoms with van der Waals surface area (Å²) in [5, 5.41) is 10.5. The van der Waals surface area contributed by atoms with Crippen molar-refractivity contribution >= 4 is 28.9 Å². The van der Waals surface area contributed by atoms with Gasteiger partial charge in [-0.25, -0.2) is 9.98 Å². The van der Waals surface area contributed by atoms with Crippen LogP contribution in [0.4, 0.5) is 5.69 Å². The molecule has 1 aromatic heterocycles. The molecule has 1 aromatic carbocycles. The van der Waals surface area contributed by atoms with Gasteiger partial charge >= 0.3 is 0 Å². The Morgan fingerprint density at radius 1 is 1.27 bits per heavy atom. The average Bonchev–Trinajstić information content (AvgIpc) is 3.07. The summed E-state index contributed by atoms with van der Waals surface area (Å²) in [6, 6.07) is 7.73. The van der Waals surface area contributed by atoms with Gasteiger partial charge in [0.15, 0.2) is 5.96 Å². The number of benzene rings is 1. The fourth-order valence-corrected chi connectivity index (χ4v) is 3.24. The number of guanidine groups is 1. The van der Waals surface area contributed by atoms with Crippen LogP contribution in [0.1, 0.15) is 36.2 Å². The average molecular weight is 374 g/mol. The molecule has 7 heteroatoms. The third kappa shape index (κ3) is 6.84. The normalized spacial score (nSPS) is 11.3. The molecule has 2 rings (SSSR count). The minimum atomic E-state index is -0.0749. The lowest BCUT2D eigenvalue weighted by molar-refractivity contribution is -0.114. The smallest absolute Gasteiger partial charge is 0.221 e. The zero-order valence-corrected chi connectivity index (χ0v) is 16.4. The van der Waals surface area contributed by atoms with E-state index >= 15 is 0 Å². The van der Waals surface area contributed by atoms with Crippen molar-refractivity contribution in [2.75, 3.05) is 18.4 Å². The van der Waals surface area contributed by atoms with E-state index < -0.39 is 0 Å². The summed E-state index contributed by atoms with van der Waals surface area (Å²) in [5.74, 6) is 0.707. The monoisotopic (exact) mass is 373 g/mol. The first-order valence-corrected chi connectivity index (χ1v) is 9.74. The van der Waals surface area contributed by atoms with Crippen molar-refractivity contribution in [2.24, 2.45) is 4.99 Å². The third-order valence-corrected chi connectivity index (χ3v) is 4.79. The number of hydrogen-bond acceptors (Lipinski definition) is 4. The number of rotatable bonds is 8. The van der Waals surface area contributed by atoms with Crippen LogP contribution in [0.5, 0.6) is 0 Å². The molecule has 0 saturated heterocycles. The van der Waals surface area contributed by atoms with E-state index in [1.807, 2.05) is 37.4 Å². The minimum absolute atomic E-state index is 0.0749. The standard InChI is InChI=1S/C19H27N5OS/c1-4-17-13-22-18(26-17)9-10-21-19(20-5-2)23-12-15-7-6-8-16(11-15)24-14(3)25/h6-8,11,13H,4-5,9-10,12H2,1-3H3,(H,24,25)(H2,20,21,23). The van der Waals surface area contributed by atoms with Gasteiger partial charge in [0.2, 0.25) is 5.91 Å². The van der Waals surface area contributed by atoms with Crippen LogP contribution in [0.25, 0.3) is 0 Å². The molecule has 3 N–H and O–H groups in total. The summed E-state index contributed by atoms with van der Waals surface area (Å²) in [4.78, 5) is 21.5. The Labute approximate surface area is 159 Å². The highest BCUT2D eigenvalue weighted by Gasteiger charge is 2.03. The predicted octanol–water partition coefficient (Wildman–Crippen LogP) is 2.96. The lowest BCUT2D eigenvalue weighted by atomic mass is 10.2. The number of nitrogens with one attached hydrogen (secondary N) is 3. The SMILES string of the molecule is CCNC(=NCc1cccc(NC(C)=O)c1)NCCc1ncc(CC)s1. The fourth-order valence-electron chi connectivity index (χ4n) is 2.38. The van der Waals surface area contributed by atoms with Crippen LogP contribution in [0, 0.1) is 0 Å². The van der Waals surface area contributed by atoms with Crippen molar-refractivity contribution in [3.05, 3.63) is 45.9 Å². The van der Waals surface area contributed by atoms with E-state index in [0.717, 1.165) is 48.1 Å². The molecule has 140 valence electrons. The molecule has 0 aliphatic carbocycles. The maximum absolute atomic E-state index is 11.2. The van der Waals surface area contributed by atoms with Crippen molar-refractivity contribution in [3.8, 4) is 0 Å². The topological polar surface area (TPSA) is 78.4 Å². The van der Waals surface area contributed by atoms with Crippen LogP contribution in [-0.4, -0.2) is 29.9 Å². The van der Waals surface area contributed by atoms with Crippen molar-refractivity contribution in [3.63, 3.8) is 0 Å². The molecular formula is C19H27N5OS. The number of aryl methyl sites for hydroxylation is 1. The molecule has 0 saturated carbocycles. The highest BCUT2D eigenvalue weighted by molar-refractivity contribution is 7.11. The van der Waals surface area contributed by atoms with Gasteiger partial charge in [-0.15, -0.1) is 11.3 Å². The molecule has 0 atom stereocenters. The quantitative estimate of drug-likeness (QED) is 0.491. The van der Waals surface area contributed by atoms with Gasteiger partial charge < -0.3 is 16.0 Å². The second-order valence-electron chi connectivity index (χ2n) is 5.83. The number of aromatic nitrogens is 1. The molecular weight excluding hydrogens is 346 g/mol. The van der Waals surface area contributed by atoms with Gasteiger partial charge in [0, 0.05) is 43.2 Å². The summed E-state index contributed by atoms with van der Waals surface area (Å²) in [7, 11) is 0. The number of carbonyl (C=O) groups excluding carboxylic acids is 1. The Morgan fingerprint density at radius 3 is 2.81 bits per heavy atom. The van der Waals surface area contributed by atoms with Crippen molar-refractivity contribution in [1.82, 2.24) is 15.6 Å². The summed E-state index contributed by atoms with van der Waals surface area (Å²) in [5.41, 5.74) is 1.83. The van der Waals surface area contributed by atoms with Gasteiger partial charge in [0.1, 0.15) is 0 Å². The molecule has 0 aliphatic rings. The molecule has 0 aliphatic heterocycles. The maximum atomic E-state index is 11.2. The molecule has 0 radical (unpaired) electrons. The number of nitrogens with zero attached hydrogens (tertiary/aromatic N) is 2. The maximum Gasteiger partial charge on any atom is 0.221 e. The van der Waals surface area contributed by atoms with E-state index in [1.54, 1.807) is 11.3 Å². The number of hydrogen-bond donors (Lipinski definition) is 3. The van der Waals surface area contributed by atoms with Crippen molar-refractivity contribution in [1.29, 1.82) is 0 Å². The summed E-state index contributed by atoms with van der Waals surface area (Å²) >= 11 is 1.77. The largest absolute Gasteiger partial charge is 0.357 e. The van der Waals surface area contributed by atoms with E-state index in [9.17, 15) is 4.79 Å². The lowest BCUT2D eigenvalue weighted by Gasteiger charge is -2.11. The highest BCUT2D eigenvalue weighted by atomic mass is 32.1. The van der Waals surface area contributed by atoms with Gasteiger partial charge in [-0.2, -0.15) is 0 Å². The second kappa shape index (κ2) is 10.6. The first-order valence-electron chi connectivity index (χ1n) is 8.93. The summed E-state index contributed by atoms with van der Waals surface area (Å²) in [6.45, 7) is 7.82. The zero-order chi connectivity index (χ0) is 18.8. The van der Waals surface area contributed by atoms with Crippen LogP contribution in [-0.2, 0) is 24.2 Å². The Kier molecular flexibility index (Phi) is 8.08. The van der Waals surface area contributed by atoms with E-state index in [-0.39, 0.29) is 5.91 Å². The van der Waals surface area contributed by atoms with Gasteiger partial charge in [-0.3, -0.25) is 4.79 Å². The fraction of sp³-hybridized carbons (Fsp3) is 0.421. The van der Waals surface area contributed by atoms with Crippen LogP contribution < -0.4 is 16.0 Å². The van der Waals surface area contributed by atoms with Crippen molar-refractivity contribution in [2.45, 2.75) is 40.2 Å². The van der Waals surface area contributed by atoms with Crippen LogP contribution in [0.15, 0.2) is 35.5 Å². The third-order valence-electron chi connectivity index (χ3n) is 3.59. The van der Waals surface area contributed by atoms with Gasteiger partial charge in [0.25, 0.3) is 0 Å². The molecule has 0 unspecified atom stereocenters. The Morgan fingerprint density at radius 2 is 2.12 bits per heavy atom. The number of amides is 1. The first kappa shape index (κ1) is 19.9. The van der Waals surface area contributed by atoms with Gasteiger partial charge in [-0.1, -0.05) is 19.1 Å². The first-order chi connectivity index (χ1) is 12.6. The number of aliphatic imine (C=N–C) groups is 1. The van der Waals surface area contributed by atoms with Crippen LogP contribution in [0.2, 0.25) is 0 Å². The summed E-state index contributed by atoms with van der Waals surface area (Å²) < 4.78 is 0. The molecule has 0 fully saturated rings. The minimum Gasteiger partial charge on any atom is -0.357 e. The van der Waals surface area contributed by atoms with E-state index in [1.165, 1.54) is 11.8 Å². The van der Waals surface area contributed by atoms with E-state index in [2.05, 4.69) is 32.9 Å². The van der Waals surface area contributed by atoms with Gasteiger partial charge in [-0.05, 0) is 31.0 Å². The van der Waals surface area contributed by atoms with Crippen LogP contribution in [0.3, 0.4) is 0 Å². The van der Waals surface area contributed by atoms with E-state index in [0.29, 0.717) is 6.54 Å². The number of anilines is 1. The number of thiazole rings is 1. The zero-order valence-electron chi connectivity index (χ0n) is 15.6. The number of carbonyl (C=O) groups is 1. The summed E-state index contributed by atoms with van der Waals surface area (Å²) in [6.07, 6.45) is 3.88. The molecule has 1 heterocycles. The lowest BCUT2D eigenvalue weighted by Crippen LogP contribution is -2.38. The Hall–Kier alpha value is -2.41. The molecule has 1 amide bonds. The second-order valence-corrected chi connectivity index (χ2v) is 7.03. The highest BCUT2D eigenvalue weighted by Crippen LogP contribution is 2.13. The molecule has 6 nitrogen and oxygen atoms in total. The van der Waals surface area contributed by atoms with E-state index in [4.69, 9.17) is 0 Å². The molecule has 26 heavy (non-hydrogen) atoms. The Balaban J connectivity index is 1.90.